The molecule has 0 saturated carbocycles. The van der Waals surface area contributed by atoms with Crippen molar-refractivity contribution in [3.05, 3.63) is 101 Å². The maximum absolute atomic E-state index is 12.8. The molecule has 1 N–H and O–H groups in total. The highest BCUT2D eigenvalue weighted by molar-refractivity contribution is 7.89. The molecular weight excluding hydrogens is 420 g/mol. The lowest BCUT2D eigenvalue weighted by molar-refractivity contribution is 0.0951. The zero-order chi connectivity index (χ0) is 21.6. The first-order chi connectivity index (χ1) is 14.4. The molecule has 0 heterocycles. The Hall–Kier alpha value is -2.67. The monoisotopic (exact) mass is 442 g/mol. The molecule has 5 nitrogen and oxygen atoms in total. The molecule has 0 aromatic heterocycles. The van der Waals surface area contributed by atoms with Gasteiger partial charge in [0.25, 0.3) is 5.91 Å². The summed E-state index contributed by atoms with van der Waals surface area (Å²) in [5.74, 6) is -0.203. The van der Waals surface area contributed by atoms with Gasteiger partial charge >= 0.3 is 0 Å². The lowest BCUT2D eigenvalue weighted by atomic mass is 10.1. The molecule has 0 unspecified atom stereocenters. The number of sulfonamides is 1. The molecule has 30 heavy (non-hydrogen) atoms. The summed E-state index contributed by atoms with van der Waals surface area (Å²) in [5.41, 5.74) is 2.23. The predicted octanol–water partition coefficient (Wildman–Crippen LogP) is 4.48. The molecule has 0 bridgehead atoms. The summed E-state index contributed by atoms with van der Waals surface area (Å²) in [6.07, 6.45) is 0. The summed E-state index contributed by atoms with van der Waals surface area (Å²) in [4.78, 5) is 12.7. The molecule has 1 amide bonds. The summed E-state index contributed by atoms with van der Waals surface area (Å²) < 4.78 is 27.1. The zero-order valence-corrected chi connectivity index (χ0v) is 18.2. The lowest BCUT2D eigenvalue weighted by Gasteiger charge is -2.20. The van der Waals surface area contributed by atoms with E-state index < -0.39 is 10.0 Å². The topological polar surface area (TPSA) is 66.5 Å². The number of carbonyl (C=O) groups excluding carboxylic acids is 1. The second-order valence-electron chi connectivity index (χ2n) is 6.75. The average Bonchev–Trinajstić information content (AvgIpc) is 2.76. The van der Waals surface area contributed by atoms with Gasteiger partial charge in [-0.1, -0.05) is 61.0 Å². The molecule has 0 spiro atoms. The first kappa shape index (κ1) is 22.0. The van der Waals surface area contributed by atoms with Crippen molar-refractivity contribution in [1.82, 2.24) is 9.62 Å². The van der Waals surface area contributed by atoms with Crippen LogP contribution in [0.15, 0.2) is 83.8 Å². The average molecular weight is 443 g/mol. The molecule has 7 heteroatoms. The molecule has 156 valence electrons. The number of nitrogens with one attached hydrogen (secondary N) is 1. The second kappa shape index (κ2) is 9.89. The maximum atomic E-state index is 12.8. The SMILES string of the molecule is CCN(Cc1ccc(C(=O)NCc2cccc(Cl)c2)cc1)S(=O)(=O)c1ccccc1. The fourth-order valence-corrected chi connectivity index (χ4v) is 4.68. The standard InChI is InChI=1S/C23H23ClN2O3S/c1-2-26(30(28,29)22-9-4-3-5-10-22)17-18-11-13-20(14-12-18)23(27)25-16-19-7-6-8-21(24)15-19/h3-15H,2,16-17H2,1H3,(H,25,27). The molecule has 3 rings (SSSR count). The number of halogens is 1. The van der Waals surface area contributed by atoms with E-state index in [0.29, 0.717) is 23.7 Å². The summed E-state index contributed by atoms with van der Waals surface area (Å²) in [6, 6.07) is 22.6. The smallest absolute Gasteiger partial charge is 0.251 e. The Bertz CT molecular complexity index is 1100. The van der Waals surface area contributed by atoms with Crippen LogP contribution in [0.4, 0.5) is 0 Å². The van der Waals surface area contributed by atoms with Crippen molar-refractivity contribution in [2.45, 2.75) is 24.9 Å². The van der Waals surface area contributed by atoms with Crippen LogP contribution in [-0.2, 0) is 23.1 Å². The van der Waals surface area contributed by atoms with E-state index in [1.165, 1.54) is 4.31 Å². The van der Waals surface area contributed by atoms with Crippen LogP contribution in [0.3, 0.4) is 0 Å². The van der Waals surface area contributed by atoms with Gasteiger partial charge in [-0.25, -0.2) is 8.42 Å². The van der Waals surface area contributed by atoms with Crippen LogP contribution < -0.4 is 5.32 Å². The minimum atomic E-state index is -3.58. The van der Waals surface area contributed by atoms with Gasteiger partial charge in [0.1, 0.15) is 0 Å². The quantitative estimate of drug-likeness (QED) is 0.559. The fraction of sp³-hybridized carbons (Fsp3) is 0.174. The normalized spacial score (nSPS) is 11.4. The Morgan fingerprint density at radius 1 is 0.933 bits per heavy atom. The molecule has 0 radical (unpaired) electrons. The van der Waals surface area contributed by atoms with E-state index in [1.54, 1.807) is 73.7 Å². The lowest BCUT2D eigenvalue weighted by Crippen LogP contribution is -2.30. The van der Waals surface area contributed by atoms with Crippen LogP contribution in [0.25, 0.3) is 0 Å². The van der Waals surface area contributed by atoms with Crippen molar-refractivity contribution in [2.75, 3.05) is 6.54 Å². The highest BCUT2D eigenvalue weighted by Crippen LogP contribution is 2.18. The third-order valence-corrected chi connectivity index (χ3v) is 6.82. The Balaban J connectivity index is 1.65. The van der Waals surface area contributed by atoms with Crippen molar-refractivity contribution in [3.8, 4) is 0 Å². The van der Waals surface area contributed by atoms with E-state index in [4.69, 9.17) is 11.6 Å². The Morgan fingerprint density at radius 2 is 1.63 bits per heavy atom. The van der Waals surface area contributed by atoms with Crippen molar-refractivity contribution in [1.29, 1.82) is 0 Å². The first-order valence-electron chi connectivity index (χ1n) is 9.57. The van der Waals surface area contributed by atoms with E-state index in [1.807, 2.05) is 12.1 Å². The van der Waals surface area contributed by atoms with Crippen LogP contribution in [0.5, 0.6) is 0 Å². The molecule has 3 aromatic carbocycles. The number of hydrogen-bond acceptors (Lipinski definition) is 3. The Kier molecular flexibility index (Phi) is 7.26. The summed E-state index contributed by atoms with van der Waals surface area (Å²) in [7, 11) is -3.58. The van der Waals surface area contributed by atoms with Gasteiger partial charge in [-0.2, -0.15) is 4.31 Å². The minimum absolute atomic E-state index is 0.203. The van der Waals surface area contributed by atoms with Crippen LogP contribution >= 0.6 is 11.6 Å². The van der Waals surface area contributed by atoms with Gasteiger partial charge in [0.15, 0.2) is 0 Å². The van der Waals surface area contributed by atoms with Crippen LogP contribution in [0, 0.1) is 0 Å². The predicted molar refractivity (Wildman–Crippen MR) is 119 cm³/mol. The molecule has 0 aliphatic rings. The van der Waals surface area contributed by atoms with Gasteiger partial charge in [0, 0.05) is 30.2 Å². The van der Waals surface area contributed by atoms with Crippen LogP contribution in [0.2, 0.25) is 5.02 Å². The van der Waals surface area contributed by atoms with Crippen molar-refractivity contribution >= 4 is 27.5 Å². The van der Waals surface area contributed by atoms with E-state index in [9.17, 15) is 13.2 Å². The van der Waals surface area contributed by atoms with Gasteiger partial charge in [0.05, 0.1) is 4.90 Å². The van der Waals surface area contributed by atoms with Gasteiger partial charge in [-0.05, 0) is 47.5 Å². The van der Waals surface area contributed by atoms with E-state index >= 15 is 0 Å². The van der Waals surface area contributed by atoms with Gasteiger partial charge in [-0.15, -0.1) is 0 Å². The highest BCUT2D eigenvalue weighted by Gasteiger charge is 2.22. The summed E-state index contributed by atoms with van der Waals surface area (Å²) in [6.45, 7) is 2.76. The zero-order valence-electron chi connectivity index (χ0n) is 16.6. The second-order valence-corrected chi connectivity index (χ2v) is 9.13. The Morgan fingerprint density at radius 3 is 2.27 bits per heavy atom. The number of carbonyl (C=O) groups is 1. The van der Waals surface area contributed by atoms with Crippen molar-refractivity contribution in [3.63, 3.8) is 0 Å². The van der Waals surface area contributed by atoms with E-state index in [0.717, 1.165) is 11.1 Å². The molecule has 0 fully saturated rings. The minimum Gasteiger partial charge on any atom is -0.348 e. The van der Waals surface area contributed by atoms with Gasteiger partial charge in [-0.3, -0.25) is 4.79 Å². The number of rotatable bonds is 8. The maximum Gasteiger partial charge on any atom is 0.251 e. The molecule has 0 aliphatic heterocycles. The number of benzene rings is 3. The van der Waals surface area contributed by atoms with Crippen LogP contribution in [-0.4, -0.2) is 25.2 Å². The molecule has 3 aromatic rings. The highest BCUT2D eigenvalue weighted by atomic mass is 35.5. The molecule has 0 aliphatic carbocycles. The van der Waals surface area contributed by atoms with Crippen LogP contribution in [0.1, 0.15) is 28.4 Å². The third kappa shape index (κ3) is 5.48. The third-order valence-electron chi connectivity index (χ3n) is 4.65. The molecule has 0 atom stereocenters. The number of hydrogen-bond donors (Lipinski definition) is 1. The fourth-order valence-electron chi connectivity index (χ4n) is 3.00. The number of amides is 1. The van der Waals surface area contributed by atoms with Crippen molar-refractivity contribution in [2.24, 2.45) is 0 Å². The van der Waals surface area contributed by atoms with Gasteiger partial charge in [0.2, 0.25) is 10.0 Å². The first-order valence-corrected chi connectivity index (χ1v) is 11.4. The largest absolute Gasteiger partial charge is 0.348 e. The molecular formula is C23H23ClN2O3S. The Labute approximate surface area is 182 Å². The van der Waals surface area contributed by atoms with Gasteiger partial charge < -0.3 is 5.32 Å². The molecule has 0 saturated heterocycles. The summed E-state index contributed by atoms with van der Waals surface area (Å²) in [5, 5.41) is 3.48. The van der Waals surface area contributed by atoms with Crippen molar-refractivity contribution < 1.29 is 13.2 Å². The summed E-state index contributed by atoms with van der Waals surface area (Å²) >= 11 is 5.96. The van der Waals surface area contributed by atoms with E-state index in [2.05, 4.69) is 5.32 Å². The van der Waals surface area contributed by atoms with E-state index in [-0.39, 0.29) is 17.3 Å². The number of nitrogens with zero attached hydrogens (tertiary/aromatic N) is 1.